The van der Waals surface area contributed by atoms with Gasteiger partial charge in [-0.3, -0.25) is 4.57 Å². The van der Waals surface area contributed by atoms with E-state index >= 15 is 0 Å². The van der Waals surface area contributed by atoms with Crippen LogP contribution >= 0.6 is 15.9 Å². The predicted octanol–water partition coefficient (Wildman–Crippen LogP) is 24.6. The van der Waals surface area contributed by atoms with Crippen LogP contribution in [0.15, 0.2) is 344 Å². The van der Waals surface area contributed by atoms with E-state index in [1.54, 1.807) is 0 Å². The molecule has 4 aromatic heterocycles. The van der Waals surface area contributed by atoms with Crippen LogP contribution in [-0.4, -0.2) is 19.5 Å². The van der Waals surface area contributed by atoms with Crippen molar-refractivity contribution in [1.82, 2.24) is 19.5 Å². The molecule has 0 spiro atoms. The number of benzene rings is 12. The monoisotopic (exact) mass is 1270 g/mol. The molecule has 16 aromatic rings. The number of ether oxygens (including phenoxy) is 2. The number of H-pyrrole nitrogens is 1. The minimum Gasteiger partial charge on any atom is -0.456 e. The molecule has 6 nitrogen and oxygen atoms in total. The molecule has 6 heterocycles. The first-order valence-electron chi connectivity index (χ1n) is 31.1. The van der Waals surface area contributed by atoms with Crippen LogP contribution in [0, 0.1) is 0 Å². The molecular formula is C87H61BrN4O2. The lowest BCUT2D eigenvalue weighted by Gasteiger charge is -2.17. The second-order valence-corrected chi connectivity index (χ2v) is 23.7. The van der Waals surface area contributed by atoms with Gasteiger partial charge in [0.1, 0.15) is 33.4 Å². The quantitative estimate of drug-likeness (QED) is 0.162. The lowest BCUT2D eigenvalue weighted by atomic mass is 9.96. The molecular weight excluding hydrogens is 1210 g/mol. The van der Waals surface area contributed by atoms with Crippen molar-refractivity contribution in [2.24, 2.45) is 0 Å². The van der Waals surface area contributed by atoms with Gasteiger partial charge in [0.2, 0.25) is 0 Å². The van der Waals surface area contributed by atoms with Crippen molar-refractivity contribution in [3.63, 3.8) is 0 Å². The summed E-state index contributed by atoms with van der Waals surface area (Å²) in [6, 6.07) is 118. The van der Waals surface area contributed by atoms with E-state index in [9.17, 15) is 0 Å². The van der Waals surface area contributed by atoms with E-state index in [4.69, 9.17) is 14.5 Å². The molecule has 448 valence electrons. The highest BCUT2D eigenvalue weighted by atomic mass is 79.9. The number of fused-ring (bicyclic) bond motifs is 14. The number of halogens is 1. The number of hydrogen-bond donors (Lipinski definition) is 1. The number of nitrogens with zero attached hydrogens (tertiary/aromatic N) is 3. The standard InChI is InChI=1S/C43H28N2O.C26H17NO.C17H12BrN.CH4/c1-4-15-29(16-5-1)32-27-37(31-19-8-3-9-20-31)44-40(28-32)45-42-33(30-17-6-2-7-18-30)23-14-24-36(42)41-34-21-10-12-25-38(34)46-39-26-13-11-22-35(39)43(41)45;1-2-9-17(10-3-1)18-13-8-14-21-24-19-11-4-6-15-22(19)28-23-16-7-5-12-20(23)26(24)27-25(18)21;18-17-12-15(13-7-3-1-4-8-13)11-16(19-17)14-9-5-2-6-10-14;/h1-28H;1-16,27H;1-12H;1H4. The summed E-state index contributed by atoms with van der Waals surface area (Å²) in [5, 5.41) is 2.36. The van der Waals surface area contributed by atoms with Gasteiger partial charge in [-0.25, -0.2) is 9.97 Å². The van der Waals surface area contributed by atoms with Gasteiger partial charge < -0.3 is 14.5 Å². The van der Waals surface area contributed by atoms with Gasteiger partial charge in [0, 0.05) is 66.4 Å². The van der Waals surface area contributed by atoms with Crippen molar-refractivity contribution in [2.45, 2.75) is 7.43 Å². The third-order valence-corrected chi connectivity index (χ3v) is 17.6. The Hall–Kier alpha value is -11.9. The number of aromatic nitrogens is 4. The Morgan fingerprint density at radius 2 is 0.681 bits per heavy atom. The summed E-state index contributed by atoms with van der Waals surface area (Å²) in [4.78, 5) is 13.7. The highest BCUT2D eigenvalue weighted by Gasteiger charge is 2.31. The zero-order valence-electron chi connectivity index (χ0n) is 50.4. The smallest absolute Gasteiger partial charge is 0.138 e. The van der Waals surface area contributed by atoms with E-state index in [1.165, 1.54) is 33.2 Å². The normalized spacial score (nSPS) is 11.3. The fraction of sp³-hybridized carbons (Fsp3) is 0.0115. The Balaban J connectivity index is 0.000000129. The number of nitrogens with one attached hydrogen (secondary N) is 1. The molecule has 1 N–H and O–H groups in total. The van der Waals surface area contributed by atoms with Gasteiger partial charge in [-0.15, -0.1) is 0 Å². The molecule has 18 rings (SSSR count). The first kappa shape index (κ1) is 58.5. The molecule has 0 saturated carbocycles. The maximum absolute atomic E-state index is 6.65. The van der Waals surface area contributed by atoms with Crippen LogP contribution in [0.1, 0.15) is 7.43 Å². The van der Waals surface area contributed by atoms with Crippen LogP contribution in [0.4, 0.5) is 0 Å². The Labute approximate surface area is 555 Å². The topological polar surface area (TPSA) is 65.0 Å². The molecule has 0 saturated heterocycles. The molecule has 0 bridgehead atoms. The third-order valence-electron chi connectivity index (χ3n) is 17.2. The summed E-state index contributed by atoms with van der Waals surface area (Å²) in [7, 11) is 0. The second-order valence-electron chi connectivity index (χ2n) is 22.9. The van der Waals surface area contributed by atoms with Crippen LogP contribution < -0.4 is 9.47 Å². The Bertz CT molecular complexity index is 5270. The van der Waals surface area contributed by atoms with Gasteiger partial charge in [-0.1, -0.05) is 286 Å². The van der Waals surface area contributed by atoms with E-state index < -0.39 is 0 Å². The van der Waals surface area contributed by atoms with Crippen LogP contribution in [0.2, 0.25) is 0 Å². The highest BCUT2D eigenvalue weighted by molar-refractivity contribution is 9.10. The van der Waals surface area contributed by atoms with Gasteiger partial charge >= 0.3 is 0 Å². The number of rotatable bonds is 7. The van der Waals surface area contributed by atoms with Crippen molar-refractivity contribution < 1.29 is 9.47 Å². The van der Waals surface area contributed by atoms with Crippen molar-refractivity contribution in [2.75, 3.05) is 0 Å². The van der Waals surface area contributed by atoms with Crippen molar-refractivity contribution in [3.8, 4) is 141 Å². The van der Waals surface area contributed by atoms with Crippen molar-refractivity contribution >= 4 is 37.7 Å². The van der Waals surface area contributed by atoms with E-state index in [-0.39, 0.29) is 7.43 Å². The number of pyridine rings is 2. The molecule has 2 aliphatic rings. The van der Waals surface area contributed by atoms with Crippen LogP contribution in [0.25, 0.3) is 139 Å². The van der Waals surface area contributed by atoms with Gasteiger partial charge in [-0.2, -0.15) is 0 Å². The zero-order valence-corrected chi connectivity index (χ0v) is 52.0. The Kier molecular flexibility index (Phi) is 16.0. The average molecular weight is 1270 g/mol. The maximum Gasteiger partial charge on any atom is 0.138 e. The van der Waals surface area contributed by atoms with E-state index in [1.807, 2.05) is 84.9 Å². The second kappa shape index (κ2) is 25.8. The van der Waals surface area contributed by atoms with E-state index in [0.717, 1.165) is 134 Å². The third kappa shape index (κ3) is 11.1. The molecule has 2 aliphatic heterocycles. The molecule has 0 radical (unpaired) electrons. The molecule has 0 aliphatic carbocycles. The molecule has 0 amide bonds. The lowest BCUT2D eigenvalue weighted by Crippen LogP contribution is -2.03. The van der Waals surface area contributed by atoms with Crippen molar-refractivity contribution in [1.29, 1.82) is 0 Å². The summed E-state index contributed by atoms with van der Waals surface area (Å²) in [5.74, 6) is 4.28. The molecule has 0 fully saturated rings. The average Bonchev–Trinajstić information content (AvgIpc) is 1.58. The Morgan fingerprint density at radius 3 is 1.22 bits per heavy atom. The number of hydrogen-bond acceptors (Lipinski definition) is 4. The summed E-state index contributed by atoms with van der Waals surface area (Å²) >= 11 is 3.50. The highest BCUT2D eigenvalue weighted by Crippen LogP contribution is 2.54. The van der Waals surface area contributed by atoms with E-state index in [0.29, 0.717) is 0 Å². The fourth-order valence-electron chi connectivity index (χ4n) is 13.0. The number of para-hydroxylation sites is 6. The molecule has 7 heteroatoms. The SMILES string of the molecule is Brc1cc(-c2ccccc2)cc(-c2ccccc2)n1.C.c1ccc(-c2cc(-c3ccccc3)nc(-n3c4c(c5cccc(-c6ccccc6)c53)-c3ccccc3Oc3ccccc3-4)c2)cc1.c1ccc(-c2cccc3c4c([nH]c23)-c2ccccc2Oc2ccccc2-4)cc1. The summed E-state index contributed by atoms with van der Waals surface area (Å²) in [6.45, 7) is 0. The molecule has 12 aromatic carbocycles. The van der Waals surface area contributed by atoms with Crippen LogP contribution in [0.3, 0.4) is 0 Å². The van der Waals surface area contributed by atoms with Gasteiger partial charge in [0.05, 0.1) is 33.8 Å². The largest absolute Gasteiger partial charge is 0.456 e. The fourth-order valence-corrected chi connectivity index (χ4v) is 13.5. The molecule has 94 heavy (non-hydrogen) atoms. The summed E-state index contributed by atoms with van der Waals surface area (Å²) < 4.78 is 16.2. The van der Waals surface area contributed by atoms with Crippen LogP contribution in [0.5, 0.6) is 23.0 Å². The Morgan fingerprint density at radius 1 is 0.298 bits per heavy atom. The molecule has 0 atom stereocenters. The zero-order chi connectivity index (χ0) is 62.0. The summed E-state index contributed by atoms with van der Waals surface area (Å²) in [6.07, 6.45) is 0. The van der Waals surface area contributed by atoms with Crippen molar-refractivity contribution in [3.05, 3.63) is 344 Å². The first-order chi connectivity index (χ1) is 46.1. The van der Waals surface area contributed by atoms with Gasteiger partial charge in [-0.05, 0) is 110 Å². The minimum absolute atomic E-state index is 0. The first-order valence-corrected chi connectivity index (χ1v) is 31.9. The van der Waals surface area contributed by atoms with E-state index in [2.05, 4.69) is 285 Å². The minimum atomic E-state index is 0. The predicted molar refractivity (Wildman–Crippen MR) is 393 cm³/mol. The van der Waals surface area contributed by atoms with Gasteiger partial charge in [0.25, 0.3) is 0 Å². The van der Waals surface area contributed by atoms with Gasteiger partial charge in [0.15, 0.2) is 0 Å². The number of aromatic amines is 1. The maximum atomic E-state index is 6.65. The van der Waals surface area contributed by atoms with Crippen LogP contribution in [-0.2, 0) is 0 Å². The molecule has 0 unspecified atom stereocenters. The lowest BCUT2D eigenvalue weighted by molar-refractivity contribution is 0.487. The summed E-state index contributed by atoms with van der Waals surface area (Å²) in [5.41, 5.74) is 24.5.